The van der Waals surface area contributed by atoms with Crippen LogP contribution in [0.4, 0.5) is 0 Å². The Labute approximate surface area is 199 Å². The van der Waals surface area contributed by atoms with Gasteiger partial charge in [0.2, 0.25) is 11.8 Å². The molecule has 0 heterocycles. The van der Waals surface area contributed by atoms with Gasteiger partial charge in [-0.1, -0.05) is 89.9 Å². The van der Waals surface area contributed by atoms with Gasteiger partial charge in [0.1, 0.15) is 6.04 Å². The lowest BCUT2D eigenvalue weighted by atomic mass is 10.0. The van der Waals surface area contributed by atoms with Crippen LogP contribution >= 0.6 is 23.2 Å². The van der Waals surface area contributed by atoms with Crippen LogP contribution in [-0.4, -0.2) is 29.8 Å². The summed E-state index contributed by atoms with van der Waals surface area (Å²) in [6.45, 7) is 0.259. The first kappa shape index (κ1) is 23.8. The number of halogens is 2. The van der Waals surface area contributed by atoms with E-state index in [1.807, 2.05) is 66.7 Å². The molecule has 0 aliphatic rings. The van der Waals surface area contributed by atoms with Gasteiger partial charge in [0.15, 0.2) is 0 Å². The second-order valence-corrected chi connectivity index (χ2v) is 8.39. The number of carbonyl (C=O) groups excluding carboxylic acids is 2. The van der Waals surface area contributed by atoms with Gasteiger partial charge < -0.3 is 10.2 Å². The maximum atomic E-state index is 13.4. The summed E-state index contributed by atoms with van der Waals surface area (Å²) in [4.78, 5) is 28.0. The van der Waals surface area contributed by atoms with Gasteiger partial charge >= 0.3 is 0 Å². The molecule has 1 N–H and O–H groups in total. The highest BCUT2D eigenvalue weighted by Crippen LogP contribution is 2.24. The number of rotatable bonds is 9. The van der Waals surface area contributed by atoms with Crippen molar-refractivity contribution in [1.29, 1.82) is 0 Å². The second kappa shape index (κ2) is 11.7. The molecule has 1 atom stereocenters. The lowest BCUT2D eigenvalue weighted by Crippen LogP contribution is -2.49. The van der Waals surface area contributed by atoms with Gasteiger partial charge in [-0.2, -0.15) is 0 Å². The molecular weight excluding hydrogens is 443 g/mol. The topological polar surface area (TPSA) is 49.4 Å². The third-order valence-electron chi connectivity index (χ3n) is 5.32. The molecule has 32 heavy (non-hydrogen) atoms. The van der Waals surface area contributed by atoms with Gasteiger partial charge in [0, 0.05) is 26.4 Å². The number of amides is 2. The average molecular weight is 469 g/mol. The summed E-state index contributed by atoms with van der Waals surface area (Å²) < 4.78 is 0. The first-order valence-electron chi connectivity index (χ1n) is 10.5. The Hall–Kier alpha value is -2.82. The van der Waals surface area contributed by atoms with Crippen LogP contribution in [-0.2, 0) is 29.0 Å². The maximum Gasteiger partial charge on any atom is 0.242 e. The lowest BCUT2D eigenvalue weighted by molar-refractivity contribution is -0.141. The lowest BCUT2D eigenvalue weighted by Gasteiger charge is -2.31. The molecule has 3 rings (SSSR count). The molecule has 0 saturated carbocycles. The first-order chi connectivity index (χ1) is 15.5. The van der Waals surface area contributed by atoms with Crippen molar-refractivity contribution in [1.82, 2.24) is 10.2 Å². The van der Waals surface area contributed by atoms with E-state index >= 15 is 0 Å². The van der Waals surface area contributed by atoms with Crippen LogP contribution in [0, 0.1) is 0 Å². The van der Waals surface area contributed by atoms with E-state index in [1.54, 1.807) is 24.1 Å². The van der Waals surface area contributed by atoms with Crippen molar-refractivity contribution < 1.29 is 9.59 Å². The smallest absolute Gasteiger partial charge is 0.242 e. The first-order valence-corrected chi connectivity index (χ1v) is 11.3. The molecule has 0 saturated heterocycles. The van der Waals surface area contributed by atoms with Gasteiger partial charge in [-0.3, -0.25) is 9.59 Å². The van der Waals surface area contributed by atoms with Gasteiger partial charge in [0.05, 0.1) is 10.0 Å². The summed E-state index contributed by atoms with van der Waals surface area (Å²) in [6, 6.07) is 24.2. The van der Waals surface area contributed by atoms with Crippen molar-refractivity contribution in [2.24, 2.45) is 0 Å². The molecule has 3 aromatic rings. The molecule has 0 radical (unpaired) electrons. The second-order valence-electron chi connectivity index (χ2n) is 7.58. The maximum absolute atomic E-state index is 13.4. The molecule has 0 aromatic heterocycles. The number of carbonyl (C=O) groups is 2. The minimum Gasteiger partial charge on any atom is -0.357 e. The van der Waals surface area contributed by atoms with Crippen LogP contribution in [0.25, 0.3) is 0 Å². The highest BCUT2D eigenvalue weighted by atomic mass is 35.5. The van der Waals surface area contributed by atoms with Crippen molar-refractivity contribution in [3.05, 3.63) is 106 Å². The summed E-state index contributed by atoms with van der Waals surface area (Å²) in [7, 11) is 1.59. The quantitative estimate of drug-likeness (QED) is 0.462. The fourth-order valence-corrected chi connectivity index (χ4v) is 3.92. The summed E-state index contributed by atoms with van der Waals surface area (Å²) in [5, 5.41) is 3.59. The molecular formula is C26H26Cl2N2O2. The fourth-order valence-electron chi connectivity index (χ4n) is 3.59. The molecule has 166 valence electrons. The standard InChI is InChI=1S/C26H26Cl2N2O2/c1-29-26(32)24(17-20-10-6-3-7-11-20)30(18-21-12-14-22(27)23(28)16-21)25(31)15-13-19-8-4-2-5-9-19/h2-12,14,16,24H,13,15,17-18H2,1H3,(H,29,32). The summed E-state index contributed by atoms with van der Waals surface area (Å²) in [5.74, 6) is -0.300. The predicted octanol–water partition coefficient (Wildman–Crippen LogP) is 5.31. The van der Waals surface area contributed by atoms with Gasteiger partial charge in [-0.25, -0.2) is 0 Å². The number of aryl methyl sites for hydroxylation is 1. The molecule has 0 fully saturated rings. The highest BCUT2D eigenvalue weighted by molar-refractivity contribution is 6.42. The molecule has 3 aromatic carbocycles. The van der Waals surface area contributed by atoms with E-state index in [1.165, 1.54) is 0 Å². The minimum absolute atomic E-state index is 0.0931. The number of benzene rings is 3. The Bertz CT molecular complexity index is 1040. The largest absolute Gasteiger partial charge is 0.357 e. The van der Waals surface area contributed by atoms with Gasteiger partial charge in [-0.15, -0.1) is 0 Å². The Morgan fingerprint density at radius 3 is 2.06 bits per heavy atom. The van der Waals surface area contributed by atoms with Gasteiger partial charge in [-0.05, 0) is 35.2 Å². The predicted molar refractivity (Wildman–Crippen MR) is 130 cm³/mol. The van der Waals surface area contributed by atoms with Crippen molar-refractivity contribution >= 4 is 35.0 Å². The molecule has 1 unspecified atom stereocenters. The monoisotopic (exact) mass is 468 g/mol. The van der Waals surface area contributed by atoms with Crippen LogP contribution < -0.4 is 5.32 Å². The zero-order chi connectivity index (χ0) is 22.9. The van der Waals surface area contributed by atoms with E-state index in [0.717, 1.165) is 16.7 Å². The Morgan fingerprint density at radius 2 is 1.47 bits per heavy atom. The van der Waals surface area contributed by atoms with E-state index in [9.17, 15) is 9.59 Å². The molecule has 0 aliphatic heterocycles. The normalized spacial score (nSPS) is 11.6. The Morgan fingerprint density at radius 1 is 0.844 bits per heavy atom. The van der Waals surface area contributed by atoms with Crippen molar-refractivity contribution in [3.63, 3.8) is 0 Å². The van der Waals surface area contributed by atoms with Crippen LogP contribution in [0.1, 0.15) is 23.1 Å². The third kappa shape index (κ3) is 6.59. The molecule has 2 amide bonds. The molecule has 4 nitrogen and oxygen atoms in total. The van der Waals surface area contributed by atoms with E-state index in [-0.39, 0.29) is 18.4 Å². The SMILES string of the molecule is CNC(=O)C(Cc1ccccc1)N(Cc1ccc(Cl)c(Cl)c1)C(=O)CCc1ccccc1. The number of nitrogens with zero attached hydrogens (tertiary/aromatic N) is 1. The summed E-state index contributed by atoms with van der Waals surface area (Å²) in [6.07, 6.45) is 1.32. The van der Waals surface area contributed by atoms with Crippen molar-refractivity contribution in [2.45, 2.75) is 31.8 Å². The minimum atomic E-state index is -0.653. The van der Waals surface area contributed by atoms with Crippen LogP contribution in [0.5, 0.6) is 0 Å². The van der Waals surface area contributed by atoms with Crippen molar-refractivity contribution in [2.75, 3.05) is 7.05 Å². The molecule has 0 aliphatic carbocycles. The summed E-state index contributed by atoms with van der Waals surface area (Å²) in [5.41, 5.74) is 2.88. The van der Waals surface area contributed by atoms with E-state index in [2.05, 4.69) is 5.32 Å². The fraction of sp³-hybridized carbons (Fsp3) is 0.231. The number of hydrogen-bond acceptors (Lipinski definition) is 2. The molecule has 0 bridgehead atoms. The number of hydrogen-bond donors (Lipinski definition) is 1. The molecule has 6 heteroatoms. The van der Waals surface area contributed by atoms with Crippen LogP contribution in [0.2, 0.25) is 10.0 Å². The average Bonchev–Trinajstić information content (AvgIpc) is 2.82. The van der Waals surface area contributed by atoms with E-state index < -0.39 is 6.04 Å². The zero-order valence-electron chi connectivity index (χ0n) is 17.9. The Kier molecular flexibility index (Phi) is 8.72. The van der Waals surface area contributed by atoms with E-state index in [4.69, 9.17) is 23.2 Å². The Balaban J connectivity index is 1.89. The summed E-state index contributed by atoms with van der Waals surface area (Å²) >= 11 is 12.3. The number of nitrogens with one attached hydrogen (secondary N) is 1. The number of likely N-dealkylation sites (N-methyl/N-ethyl adjacent to an activating group) is 1. The zero-order valence-corrected chi connectivity index (χ0v) is 19.4. The third-order valence-corrected chi connectivity index (χ3v) is 6.06. The van der Waals surface area contributed by atoms with E-state index in [0.29, 0.717) is 29.3 Å². The van der Waals surface area contributed by atoms with Gasteiger partial charge in [0.25, 0.3) is 0 Å². The van der Waals surface area contributed by atoms with Crippen LogP contribution in [0.15, 0.2) is 78.9 Å². The van der Waals surface area contributed by atoms with Crippen molar-refractivity contribution in [3.8, 4) is 0 Å². The molecule has 0 spiro atoms. The van der Waals surface area contributed by atoms with Crippen LogP contribution in [0.3, 0.4) is 0 Å². The highest BCUT2D eigenvalue weighted by Gasteiger charge is 2.29.